The van der Waals surface area contributed by atoms with E-state index in [2.05, 4.69) is 0 Å². The maximum atomic E-state index is 12.7. The third-order valence-corrected chi connectivity index (χ3v) is 3.97. The predicted octanol–water partition coefficient (Wildman–Crippen LogP) is 5.87. The quantitative estimate of drug-likeness (QED) is 0.414. The molecule has 2 rings (SSSR count). The molecular formula is C23H25F3O4. The van der Waals surface area contributed by atoms with E-state index in [4.69, 9.17) is 14.2 Å². The molecule has 1 atom stereocenters. The number of methoxy groups -OCH3 is 1. The number of ether oxygens (including phenoxy) is 3. The third-order valence-electron chi connectivity index (χ3n) is 3.97. The number of halogens is 3. The Morgan fingerprint density at radius 1 is 1.00 bits per heavy atom. The van der Waals surface area contributed by atoms with Crippen molar-refractivity contribution in [1.29, 1.82) is 0 Å². The molecule has 162 valence electrons. The summed E-state index contributed by atoms with van der Waals surface area (Å²) in [7, 11) is 1.55. The van der Waals surface area contributed by atoms with Crippen molar-refractivity contribution in [1.82, 2.24) is 0 Å². The molecular weight excluding hydrogens is 397 g/mol. The fourth-order valence-corrected chi connectivity index (χ4v) is 2.53. The summed E-state index contributed by atoms with van der Waals surface area (Å²) in [6.45, 7) is 5.36. The SMILES string of the molecule is COc1ccc([C@H](/C=C/C(=O)OC(C)(C)C)OCc2ccc(C(F)(F)F)cc2)cc1. The molecule has 2 aromatic carbocycles. The Labute approximate surface area is 174 Å². The van der Waals surface area contributed by atoms with E-state index in [-0.39, 0.29) is 6.61 Å². The molecule has 0 aromatic heterocycles. The summed E-state index contributed by atoms with van der Waals surface area (Å²) in [6, 6.07) is 11.8. The van der Waals surface area contributed by atoms with Gasteiger partial charge in [0.1, 0.15) is 17.5 Å². The molecule has 0 amide bonds. The Morgan fingerprint density at radius 3 is 2.10 bits per heavy atom. The van der Waals surface area contributed by atoms with E-state index in [1.165, 1.54) is 18.2 Å². The Kier molecular flexibility index (Phi) is 7.67. The highest BCUT2D eigenvalue weighted by Gasteiger charge is 2.29. The second-order valence-electron chi connectivity index (χ2n) is 7.59. The van der Waals surface area contributed by atoms with Crippen LogP contribution in [0.4, 0.5) is 13.2 Å². The van der Waals surface area contributed by atoms with Gasteiger partial charge in [0.05, 0.1) is 19.3 Å². The smallest absolute Gasteiger partial charge is 0.416 e. The van der Waals surface area contributed by atoms with Crippen LogP contribution in [0.3, 0.4) is 0 Å². The Bertz CT molecular complexity index is 848. The molecule has 0 fully saturated rings. The summed E-state index contributed by atoms with van der Waals surface area (Å²) in [5.41, 5.74) is -0.0181. The number of alkyl halides is 3. The van der Waals surface area contributed by atoms with Crippen LogP contribution in [0.5, 0.6) is 5.75 Å². The molecule has 0 bridgehead atoms. The Morgan fingerprint density at radius 2 is 1.60 bits per heavy atom. The molecule has 0 saturated heterocycles. The molecule has 7 heteroatoms. The fraction of sp³-hybridized carbons (Fsp3) is 0.348. The van der Waals surface area contributed by atoms with Crippen molar-refractivity contribution in [2.24, 2.45) is 0 Å². The van der Waals surface area contributed by atoms with E-state index in [1.807, 2.05) is 0 Å². The van der Waals surface area contributed by atoms with Crippen molar-refractivity contribution in [2.45, 2.75) is 45.3 Å². The van der Waals surface area contributed by atoms with Gasteiger partial charge in [0.25, 0.3) is 0 Å². The van der Waals surface area contributed by atoms with Gasteiger partial charge < -0.3 is 14.2 Å². The number of carbonyl (C=O) groups is 1. The van der Waals surface area contributed by atoms with Crippen LogP contribution < -0.4 is 4.74 Å². The highest BCUT2D eigenvalue weighted by molar-refractivity contribution is 5.82. The number of carbonyl (C=O) groups excluding carboxylic acids is 1. The fourth-order valence-electron chi connectivity index (χ4n) is 2.53. The Hall–Kier alpha value is -2.80. The standard InChI is InChI=1S/C23H25F3O4/c1-22(2,3)30-21(27)14-13-20(17-7-11-19(28-4)12-8-17)29-15-16-5-9-18(10-6-16)23(24,25)26/h5-14,20H,15H2,1-4H3/b14-13+/t20-/m0/s1. The average molecular weight is 422 g/mol. The van der Waals surface area contributed by atoms with Crippen LogP contribution in [0.2, 0.25) is 0 Å². The second kappa shape index (κ2) is 9.80. The number of esters is 1. The lowest BCUT2D eigenvalue weighted by Crippen LogP contribution is -2.22. The topological polar surface area (TPSA) is 44.8 Å². The van der Waals surface area contributed by atoms with Crippen molar-refractivity contribution in [2.75, 3.05) is 7.11 Å². The molecule has 4 nitrogen and oxygen atoms in total. The van der Waals surface area contributed by atoms with E-state index in [9.17, 15) is 18.0 Å². The average Bonchev–Trinajstić information content (AvgIpc) is 2.66. The molecule has 0 aliphatic rings. The van der Waals surface area contributed by atoms with Crippen LogP contribution in [-0.4, -0.2) is 18.7 Å². The van der Waals surface area contributed by atoms with Gasteiger partial charge in [-0.25, -0.2) is 4.79 Å². The van der Waals surface area contributed by atoms with Crippen LogP contribution >= 0.6 is 0 Å². The lowest BCUT2D eigenvalue weighted by Gasteiger charge is -2.19. The summed E-state index contributed by atoms with van der Waals surface area (Å²) < 4.78 is 54.4. The number of benzene rings is 2. The molecule has 0 spiro atoms. The zero-order chi connectivity index (χ0) is 22.4. The van der Waals surface area contributed by atoms with Crippen LogP contribution in [0.1, 0.15) is 43.6 Å². The Balaban J connectivity index is 2.15. The van der Waals surface area contributed by atoms with Gasteiger partial charge >= 0.3 is 12.1 Å². The highest BCUT2D eigenvalue weighted by atomic mass is 19.4. The van der Waals surface area contributed by atoms with Crippen LogP contribution in [0.15, 0.2) is 60.7 Å². The number of hydrogen-bond acceptors (Lipinski definition) is 4. The summed E-state index contributed by atoms with van der Waals surface area (Å²) in [5.74, 6) is 0.149. The van der Waals surface area contributed by atoms with Gasteiger partial charge in [-0.15, -0.1) is 0 Å². The van der Waals surface area contributed by atoms with Gasteiger partial charge in [-0.1, -0.05) is 24.3 Å². The van der Waals surface area contributed by atoms with E-state index in [0.29, 0.717) is 11.3 Å². The first kappa shape index (κ1) is 23.5. The summed E-state index contributed by atoms with van der Waals surface area (Å²) in [4.78, 5) is 12.0. The van der Waals surface area contributed by atoms with Gasteiger partial charge in [-0.2, -0.15) is 13.2 Å². The van der Waals surface area contributed by atoms with Gasteiger partial charge in [-0.05, 0) is 62.2 Å². The van der Waals surface area contributed by atoms with Gasteiger partial charge in [0.2, 0.25) is 0 Å². The second-order valence-corrected chi connectivity index (χ2v) is 7.59. The summed E-state index contributed by atoms with van der Waals surface area (Å²) in [6.07, 6.45) is -2.15. The molecule has 0 aliphatic heterocycles. The van der Waals surface area contributed by atoms with Gasteiger partial charge in [0.15, 0.2) is 0 Å². The number of hydrogen-bond donors (Lipinski definition) is 0. The minimum absolute atomic E-state index is 0.0630. The first-order valence-electron chi connectivity index (χ1n) is 9.31. The highest BCUT2D eigenvalue weighted by Crippen LogP contribution is 2.30. The van der Waals surface area contributed by atoms with Crippen LogP contribution in [0.25, 0.3) is 0 Å². The molecule has 0 radical (unpaired) electrons. The van der Waals surface area contributed by atoms with Gasteiger partial charge in [-0.3, -0.25) is 0 Å². The lowest BCUT2D eigenvalue weighted by molar-refractivity contribution is -0.148. The zero-order valence-corrected chi connectivity index (χ0v) is 17.3. The molecule has 0 saturated carbocycles. The van der Waals surface area contributed by atoms with E-state index >= 15 is 0 Å². The normalized spacial score (nSPS) is 13.3. The zero-order valence-electron chi connectivity index (χ0n) is 17.3. The van der Waals surface area contributed by atoms with Crippen molar-refractivity contribution in [3.05, 3.63) is 77.4 Å². The predicted molar refractivity (Wildman–Crippen MR) is 107 cm³/mol. The number of rotatable bonds is 7. The molecule has 30 heavy (non-hydrogen) atoms. The molecule has 0 unspecified atom stereocenters. The van der Waals surface area contributed by atoms with E-state index in [1.54, 1.807) is 58.2 Å². The van der Waals surface area contributed by atoms with Crippen molar-refractivity contribution in [3.8, 4) is 5.75 Å². The molecule has 2 aromatic rings. The maximum absolute atomic E-state index is 12.7. The first-order chi connectivity index (χ1) is 14.0. The minimum atomic E-state index is -4.39. The van der Waals surface area contributed by atoms with Crippen molar-refractivity contribution in [3.63, 3.8) is 0 Å². The molecule has 0 N–H and O–H groups in total. The first-order valence-corrected chi connectivity index (χ1v) is 9.31. The molecule has 0 heterocycles. The van der Waals surface area contributed by atoms with E-state index < -0.39 is 29.4 Å². The van der Waals surface area contributed by atoms with E-state index in [0.717, 1.165) is 17.7 Å². The molecule has 0 aliphatic carbocycles. The van der Waals surface area contributed by atoms with Crippen molar-refractivity contribution < 1.29 is 32.2 Å². The largest absolute Gasteiger partial charge is 0.497 e. The van der Waals surface area contributed by atoms with Gasteiger partial charge in [0, 0.05) is 6.08 Å². The van der Waals surface area contributed by atoms with Crippen LogP contribution in [-0.2, 0) is 27.1 Å². The third kappa shape index (κ3) is 7.55. The lowest BCUT2D eigenvalue weighted by atomic mass is 10.1. The van der Waals surface area contributed by atoms with Crippen molar-refractivity contribution >= 4 is 5.97 Å². The minimum Gasteiger partial charge on any atom is -0.497 e. The summed E-state index contributed by atoms with van der Waals surface area (Å²) in [5, 5.41) is 0. The summed E-state index contributed by atoms with van der Waals surface area (Å²) >= 11 is 0. The maximum Gasteiger partial charge on any atom is 0.416 e. The monoisotopic (exact) mass is 422 g/mol. The van der Waals surface area contributed by atoms with Crippen LogP contribution in [0, 0.1) is 0 Å².